The number of hydroxylamine groups is 2. The van der Waals surface area contributed by atoms with Gasteiger partial charge in [-0.05, 0) is 87.8 Å². The van der Waals surface area contributed by atoms with E-state index in [1.165, 1.54) is 22.5 Å². The van der Waals surface area contributed by atoms with Crippen molar-refractivity contribution in [2.24, 2.45) is 0 Å². The number of nitrogens with one attached hydrogen (secondary N) is 2. The van der Waals surface area contributed by atoms with Gasteiger partial charge < -0.3 is 19.5 Å². The topological polar surface area (TPSA) is 83.1 Å². The number of carbonyl (C=O) groups excluding carboxylic acids is 2. The fraction of sp³-hybridized carbons (Fsp3) is 0.500. The Kier molecular flexibility index (Phi) is 8.48. The molecular weight excluding hydrogens is 456 g/mol. The summed E-state index contributed by atoms with van der Waals surface area (Å²) in [7, 11) is 0. The van der Waals surface area contributed by atoms with Crippen molar-refractivity contribution >= 4 is 23.3 Å². The van der Waals surface area contributed by atoms with E-state index in [1.54, 1.807) is 0 Å². The molecule has 0 aliphatic carbocycles. The first-order chi connectivity index (χ1) is 17.3. The monoisotopic (exact) mass is 494 g/mol. The van der Waals surface area contributed by atoms with E-state index in [0.717, 1.165) is 49.9 Å². The van der Waals surface area contributed by atoms with Crippen LogP contribution in [-0.4, -0.2) is 37.1 Å². The van der Waals surface area contributed by atoms with Crippen LogP contribution >= 0.6 is 0 Å². The number of carbonyl (C=O) groups is 2. The second-order valence-corrected chi connectivity index (χ2v) is 10.1. The third-order valence-electron chi connectivity index (χ3n) is 6.89. The molecule has 0 unspecified atom stereocenters. The Morgan fingerprint density at radius 3 is 1.56 bits per heavy atom. The average Bonchev–Trinajstić information content (AvgIpc) is 2.87. The van der Waals surface area contributed by atoms with Gasteiger partial charge in [-0.3, -0.25) is 0 Å². The van der Waals surface area contributed by atoms with Crippen molar-refractivity contribution in [1.82, 2.24) is 11.0 Å². The molecule has 0 saturated heterocycles. The number of anilines is 2. The Balaban J connectivity index is 1.21. The van der Waals surface area contributed by atoms with Gasteiger partial charge in [0.05, 0.1) is 13.1 Å². The molecule has 8 nitrogen and oxygen atoms in total. The van der Waals surface area contributed by atoms with Crippen LogP contribution in [0.3, 0.4) is 0 Å². The lowest BCUT2D eigenvalue weighted by atomic mass is 9.98. The Morgan fingerprint density at radius 1 is 0.750 bits per heavy atom. The lowest BCUT2D eigenvalue weighted by Gasteiger charge is -2.35. The summed E-state index contributed by atoms with van der Waals surface area (Å²) in [6.45, 7) is 11.6. The Bertz CT molecular complexity index is 1000. The van der Waals surface area contributed by atoms with E-state index in [1.807, 2.05) is 12.1 Å². The highest BCUT2D eigenvalue weighted by atomic mass is 16.7. The maximum atomic E-state index is 12.0. The predicted molar refractivity (Wildman–Crippen MR) is 140 cm³/mol. The lowest BCUT2D eigenvalue weighted by Crippen LogP contribution is -2.35. The number of fused-ring (bicyclic) bond motifs is 2. The molecule has 2 aromatic rings. The first kappa shape index (κ1) is 26.0. The van der Waals surface area contributed by atoms with Crippen molar-refractivity contribution in [3.05, 3.63) is 58.7 Å². The van der Waals surface area contributed by atoms with Crippen LogP contribution in [0.2, 0.25) is 0 Å². The molecule has 0 bridgehead atoms. The molecule has 194 valence electrons. The Labute approximate surface area is 213 Å². The van der Waals surface area contributed by atoms with Gasteiger partial charge in [0.25, 0.3) is 0 Å². The Hall–Kier alpha value is -3.10. The maximum Gasteiger partial charge on any atom is 0.437 e. The van der Waals surface area contributed by atoms with Gasteiger partial charge in [0.1, 0.15) is 0 Å². The summed E-state index contributed by atoms with van der Waals surface area (Å²) in [6.07, 6.45) is 4.31. The second kappa shape index (κ2) is 11.8. The summed E-state index contributed by atoms with van der Waals surface area (Å²) < 4.78 is 0. The van der Waals surface area contributed by atoms with Crippen LogP contribution in [0.15, 0.2) is 36.4 Å². The van der Waals surface area contributed by atoms with Crippen LogP contribution in [0.25, 0.3) is 0 Å². The quantitative estimate of drug-likeness (QED) is 0.424. The van der Waals surface area contributed by atoms with Gasteiger partial charge in [-0.2, -0.15) is 0 Å². The van der Waals surface area contributed by atoms with Gasteiger partial charge in [-0.25, -0.2) is 9.59 Å². The predicted octanol–water partition coefficient (Wildman–Crippen LogP) is 3.80. The van der Waals surface area contributed by atoms with Crippen molar-refractivity contribution in [2.75, 3.05) is 22.9 Å². The SMILES string of the molecule is CC(C)N1CCCc2cc(CNOC(=O)C(=O)ONCc3ccc4c(c3)CCCN4C(C)C)ccc21. The second-order valence-electron chi connectivity index (χ2n) is 10.1. The van der Waals surface area contributed by atoms with Crippen molar-refractivity contribution in [2.45, 2.75) is 78.6 Å². The Morgan fingerprint density at radius 2 is 1.17 bits per heavy atom. The van der Waals surface area contributed by atoms with E-state index < -0.39 is 11.9 Å². The van der Waals surface area contributed by atoms with Gasteiger partial charge in [0.2, 0.25) is 0 Å². The first-order valence-electron chi connectivity index (χ1n) is 13.0. The summed E-state index contributed by atoms with van der Waals surface area (Å²) in [6, 6.07) is 13.4. The number of hydrogen-bond donors (Lipinski definition) is 2. The molecule has 0 amide bonds. The highest BCUT2D eigenvalue weighted by Crippen LogP contribution is 2.30. The highest BCUT2D eigenvalue weighted by molar-refractivity contribution is 6.29. The molecule has 0 atom stereocenters. The molecule has 0 saturated carbocycles. The van der Waals surface area contributed by atoms with Gasteiger partial charge in [0, 0.05) is 36.5 Å². The van der Waals surface area contributed by atoms with Crippen LogP contribution < -0.4 is 20.8 Å². The van der Waals surface area contributed by atoms with Crippen LogP contribution in [0.5, 0.6) is 0 Å². The van der Waals surface area contributed by atoms with E-state index in [0.29, 0.717) is 25.2 Å². The van der Waals surface area contributed by atoms with E-state index in [-0.39, 0.29) is 0 Å². The minimum Gasteiger partial charge on any atom is -0.369 e. The molecule has 2 aromatic carbocycles. The molecule has 36 heavy (non-hydrogen) atoms. The van der Waals surface area contributed by atoms with Crippen LogP contribution in [0.4, 0.5) is 11.4 Å². The van der Waals surface area contributed by atoms with Crippen molar-refractivity contribution in [3.63, 3.8) is 0 Å². The van der Waals surface area contributed by atoms with Gasteiger partial charge in [0.15, 0.2) is 0 Å². The number of nitrogens with zero attached hydrogens (tertiary/aromatic N) is 2. The average molecular weight is 495 g/mol. The third kappa shape index (κ3) is 6.17. The summed E-state index contributed by atoms with van der Waals surface area (Å²) >= 11 is 0. The molecule has 2 N–H and O–H groups in total. The smallest absolute Gasteiger partial charge is 0.369 e. The van der Waals surface area contributed by atoms with Crippen molar-refractivity contribution in [3.8, 4) is 0 Å². The summed E-state index contributed by atoms with van der Waals surface area (Å²) in [5, 5.41) is 0. The van der Waals surface area contributed by atoms with Crippen LogP contribution in [0.1, 0.15) is 62.8 Å². The standard InChI is InChI=1S/C28H38N4O4/c1-19(2)31-13-5-7-23-15-21(9-11-25(23)31)17-29-35-27(33)28(34)36-30-18-22-10-12-26-24(16-22)8-6-14-32(26)20(3)4/h9-12,15-16,19-20,29-30H,5-8,13-14,17-18H2,1-4H3. The zero-order valence-corrected chi connectivity index (χ0v) is 21.8. The zero-order chi connectivity index (χ0) is 25.7. The fourth-order valence-corrected chi connectivity index (χ4v) is 5.11. The normalized spacial score (nSPS) is 15.1. The van der Waals surface area contributed by atoms with E-state index in [4.69, 9.17) is 9.68 Å². The van der Waals surface area contributed by atoms with Crippen molar-refractivity contribution < 1.29 is 19.3 Å². The van der Waals surface area contributed by atoms with Gasteiger partial charge in [-0.1, -0.05) is 24.3 Å². The molecule has 0 fully saturated rings. The van der Waals surface area contributed by atoms with Crippen LogP contribution in [-0.2, 0) is 45.2 Å². The highest BCUT2D eigenvalue weighted by Gasteiger charge is 2.22. The fourth-order valence-electron chi connectivity index (χ4n) is 5.11. The molecule has 0 radical (unpaired) electrons. The van der Waals surface area contributed by atoms with Crippen LogP contribution in [0, 0.1) is 0 Å². The summed E-state index contributed by atoms with van der Waals surface area (Å²) in [5.41, 5.74) is 12.3. The lowest BCUT2D eigenvalue weighted by molar-refractivity contribution is -0.177. The van der Waals surface area contributed by atoms with E-state index in [2.05, 4.69) is 72.7 Å². The molecule has 2 aliphatic rings. The molecule has 2 heterocycles. The van der Waals surface area contributed by atoms with Crippen molar-refractivity contribution in [1.29, 1.82) is 0 Å². The molecular formula is C28H38N4O4. The molecule has 4 rings (SSSR count). The zero-order valence-electron chi connectivity index (χ0n) is 21.8. The van der Waals surface area contributed by atoms with Gasteiger partial charge >= 0.3 is 11.9 Å². The minimum atomic E-state index is -1.09. The maximum absolute atomic E-state index is 12.0. The van der Waals surface area contributed by atoms with E-state index >= 15 is 0 Å². The first-order valence-corrected chi connectivity index (χ1v) is 13.0. The molecule has 2 aliphatic heterocycles. The minimum absolute atomic E-state index is 0.309. The summed E-state index contributed by atoms with van der Waals surface area (Å²) in [5.74, 6) is -2.19. The molecule has 0 aromatic heterocycles. The number of rotatable bonds is 8. The molecule has 8 heteroatoms. The van der Waals surface area contributed by atoms with E-state index in [9.17, 15) is 9.59 Å². The number of aryl methyl sites for hydroxylation is 2. The number of benzene rings is 2. The van der Waals surface area contributed by atoms with Gasteiger partial charge in [-0.15, -0.1) is 11.0 Å². The number of hydrogen-bond acceptors (Lipinski definition) is 8. The summed E-state index contributed by atoms with van der Waals surface area (Å²) in [4.78, 5) is 38.6. The molecule has 0 spiro atoms. The largest absolute Gasteiger partial charge is 0.437 e. The third-order valence-corrected chi connectivity index (χ3v) is 6.89.